The van der Waals surface area contributed by atoms with Crippen LogP contribution in [0.4, 0.5) is 5.69 Å². The minimum atomic E-state index is -3.15. The van der Waals surface area contributed by atoms with E-state index in [0.717, 1.165) is 18.4 Å². The van der Waals surface area contributed by atoms with E-state index in [4.69, 9.17) is 5.73 Å². The molecular formula is C11H16N2O2S. The Balaban J connectivity index is 2.14. The third kappa shape index (κ3) is 2.54. The molecule has 0 amide bonds. The van der Waals surface area contributed by atoms with Crippen LogP contribution in [0.3, 0.4) is 0 Å². The van der Waals surface area contributed by atoms with E-state index < -0.39 is 10.0 Å². The number of nitrogens with two attached hydrogens (primary N) is 1. The van der Waals surface area contributed by atoms with Gasteiger partial charge in [-0.15, -0.1) is 0 Å². The summed E-state index contributed by atoms with van der Waals surface area (Å²) in [6.45, 7) is 1.31. The SMILES string of the molecule is Nc1cccc(CS(=O)(=O)N2CCCC2)c1. The van der Waals surface area contributed by atoms with Gasteiger partial charge >= 0.3 is 0 Å². The lowest BCUT2D eigenvalue weighted by molar-refractivity contribution is 0.476. The molecule has 1 aromatic carbocycles. The van der Waals surface area contributed by atoms with Gasteiger partial charge in [0, 0.05) is 18.8 Å². The van der Waals surface area contributed by atoms with Crippen molar-refractivity contribution < 1.29 is 8.42 Å². The fraction of sp³-hybridized carbons (Fsp3) is 0.455. The standard InChI is InChI=1S/C11H16N2O2S/c12-11-5-3-4-10(8-11)9-16(14,15)13-6-1-2-7-13/h3-5,8H,1-2,6-7,9,12H2. The van der Waals surface area contributed by atoms with Crippen LogP contribution in [0.5, 0.6) is 0 Å². The molecule has 1 aliphatic rings. The second kappa shape index (κ2) is 4.43. The maximum Gasteiger partial charge on any atom is 0.218 e. The number of rotatable bonds is 3. The Bertz CT molecular complexity index is 465. The van der Waals surface area contributed by atoms with Crippen molar-refractivity contribution in [2.24, 2.45) is 0 Å². The van der Waals surface area contributed by atoms with Gasteiger partial charge in [0.15, 0.2) is 0 Å². The number of nitrogens with zero attached hydrogens (tertiary/aromatic N) is 1. The highest BCUT2D eigenvalue weighted by Gasteiger charge is 2.25. The van der Waals surface area contributed by atoms with Crippen molar-refractivity contribution in [3.8, 4) is 0 Å². The van der Waals surface area contributed by atoms with Gasteiger partial charge in [-0.3, -0.25) is 0 Å². The van der Waals surface area contributed by atoms with Crippen molar-refractivity contribution >= 4 is 15.7 Å². The first-order valence-corrected chi connectivity index (χ1v) is 7.01. The van der Waals surface area contributed by atoms with Crippen LogP contribution in [-0.4, -0.2) is 25.8 Å². The van der Waals surface area contributed by atoms with Crippen molar-refractivity contribution in [3.63, 3.8) is 0 Å². The fourth-order valence-electron chi connectivity index (χ4n) is 1.95. The van der Waals surface area contributed by atoms with Crippen LogP contribution in [0.15, 0.2) is 24.3 Å². The molecule has 0 unspecified atom stereocenters. The number of nitrogen functional groups attached to an aromatic ring is 1. The molecule has 2 rings (SSSR count). The van der Waals surface area contributed by atoms with Gasteiger partial charge in [-0.25, -0.2) is 12.7 Å². The van der Waals surface area contributed by atoms with Crippen LogP contribution < -0.4 is 5.73 Å². The van der Waals surface area contributed by atoms with Gasteiger partial charge in [0.2, 0.25) is 10.0 Å². The summed E-state index contributed by atoms with van der Waals surface area (Å²) in [5.41, 5.74) is 6.98. The molecule has 16 heavy (non-hydrogen) atoms. The van der Waals surface area contributed by atoms with E-state index in [1.54, 1.807) is 28.6 Å². The number of hydrogen-bond donors (Lipinski definition) is 1. The Morgan fingerprint density at radius 3 is 2.56 bits per heavy atom. The molecule has 4 nitrogen and oxygen atoms in total. The minimum absolute atomic E-state index is 0.0536. The van der Waals surface area contributed by atoms with E-state index in [9.17, 15) is 8.42 Å². The summed E-state index contributed by atoms with van der Waals surface area (Å²) >= 11 is 0. The maximum atomic E-state index is 12.0. The molecule has 1 aliphatic heterocycles. The van der Waals surface area contributed by atoms with Gasteiger partial charge in [-0.05, 0) is 30.5 Å². The van der Waals surface area contributed by atoms with Crippen LogP contribution in [0.2, 0.25) is 0 Å². The van der Waals surface area contributed by atoms with E-state index in [1.807, 2.05) is 0 Å². The zero-order valence-corrected chi connectivity index (χ0v) is 9.91. The monoisotopic (exact) mass is 240 g/mol. The third-order valence-electron chi connectivity index (χ3n) is 2.76. The Kier molecular flexibility index (Phi) is 3.16. The van der Waals surface area contributed by atoms with Crippen molar-refractivity contribution in [2.45, 2.75) is 18.6 Å². The number of anilines is 1. The first-order valence-electron chi connectivity index (χ1n) is 5.40. The molecule has 1 heterocycles. The Morgan fingerprint density at radius 2 is 1.94 bits per heavy atom. The van der Waals surface area contributed by atoms with E-state index in [2.05, 4.69) is 0 Å². The van der Waals surface area contributed by atoms with E-state index in [-0.39, 0.29) is 5.75 Å². The third-order valence-corrected chi connectivity index (χ3v) is 4.61. The van der Waals surface area contributed by atoms with Crippen molar-refractivity contribution in [2.75, 3.05) is 18.8 Å². The van der Waals surface area contributed by atoms with Gasteiger partial charge in [-0.1, -0.05) is 12.1 Å². The second-order valence-corrected chi connectivity index (χ2v) is 6.08. The molecule has 2 N–H and O–H groups in total. The highest BCUT2D eigenvalue weighted by molar-refractivity contribution is 7.88. The smallest absolute Gasteiger partial charge is 0.218 e. The molecule has 0 atom stereocenters. The van der Waals surface area contributed by atoms with Crippen LogP contribution in [0.25, 0.3) is 0 Å². The van der Waals surface area contributed by atoms with E-state index >= 15 is 0 Å². The number of hydrogen-bond acceptors (Lipinski definition) is 3. The summed E-state index contributed by atoms with van der Waals surface area (Å²) in [5, 5.41) is 0. The zero-order valence-electron chi connectivity index (χ0n) is 9.09. The molecule has 1 aromatic rings. The summed E-state index contributed by atoms with van der Waals surface area (Å²) in [6, 6.07) is 7.05. The van der Waals surface area contributed by atoms with Crippen molar-refractivity contribution in [3.05, 3.63) is 29.8 Å². The molecule has 1 fully saturated rings. The maximum absolute atomic E-state index is 12.0. The largest absolute Gasteiger partial charge is 0.399 e. The first kappa shape index (κ1) is 11.4. The normalized spacial score (nSPS) is 17.8. The average Bonchev–Trinajstić information content (AvgIpc) is 2.69. The summed E-state index contributed by atoms with van der Waals surface area (Å²) < 4.78 is 25.6. The van der Waals surface area contributed by atoms with Crippen LogP contribution in [-0.2, 0) is 15.8 Å². The summed E-state index contributed by atoms with van der Waals surface area (Å²) in [5.74, 6) is 0.0536. The Hall–Kier alpha value is -1.07. The van der Waals surface area contributed by atoms with Gasteiger partial charge < -0.3 is 5.73 Å². The van der Waals surface area contributed by atoms with Crippen LogP contribution in [0.1, 0.15) is 18.4 Å². The molecule has 1 saturated heterocycles. The van der Waals surface area contributed by atoms with Crippen molar-refractivity contribution in [1.82, 2.24) is 4.31 Å². The lowest BCUT2D eigenvalue weighted by Crippen LogP contribution is -2.29. The molecule has 0 spiro atoms. The average molecular weight is 240 g/mol. The topological polar surface area (TPSA) is 63.4 Å². The van der Waals surface area contributed by atoms with Gasteiger partial charge in [0.1, 0.15) is 0 Å². The van der Waals surface area contributed by atoms with E-state index in [0.29, 0.717) is 18.8 Å². The highest BCUT2D eigenvalue weighted by atomic mass is 32.2. The minimum Gasteiger partial charge on any atom is -0.399 e. The first-order chi connectivity index (χ1) is 7.58. The molecule has 5 heteroatoms. The zero-order chi connectivity index (χ0) is 11.6. The quantitative estimate of drug-likeness (QED) is 0.807. The second-order valence-electron chi connectivity index (χ2n) is 4.11. The molecule has 0 aromatic heterocycles. The van der Waals surface area contributed by atoms with Crippen molar-refractivity contribution in [1.29, 1.82) is 0 Å². The fourth-order valence-corrected chi connectivity index (χ4v) is 3.55. The predicted molar refractivity (Wildman–Crippen MR) is 64.3 cm³/mol. The lowest BCUT2D eigenvalue weighted by atomic mass is 10.2. The summed E-state index contributed by atoms with van der Waals surface area (Å²) in [6.07, 6.45) is 1.94. The highest BCUT2D eigenvalue weighted by Crippen LogP contribution is 2.18. The summed E-state index contributed by atoms with van der Waals surface area (Å²) in [7, 11) is -3.15. The molecule has 0 radical (unpaired) electrons. The van der Waals surface area contributed by atoms with Gasteiger partial charge in [0.05, 0.1) is 5.75 Å². The molecule has 0 aliphatic carbocycles. The van der Waals surface area contributed by atoms with Gasteiger partial charge in [0.25, 0.3) is 0 Å². The predicted octanol–water partition coefficient (Wildman–Crippen LogP) is 1.19. The summed E-state index contributed by atoms with van der Waals surface area (Å²) in [4.78, 5) is 0. The van der Waals surface area contributed by atoms with Crippen LogP contribution in [0, 0.1) is 0 Å². The number of sulfonamides is 1. The molecular weight excluding hydrogens is 224 g/mol. The molecule has 0 saturated carbocycles. The van der Waals surface area contributed by atoms with Crippen LogP contribution >= 0.6 is 0 Å². The Labute approximate surface area is 96.1 Å². The lowest BCUT2D eigenvalue weighted by Gasteiger charge is -2.15. The van der Waals surface area contributed by atoms with Gasteiger partial charge in [-0.2, -0.15) is 0 Å². The Morgan fingerprint density at radius 1 is 1.25 bits per heavy atom. The van der Waals surface area contributed by atoms with E-state index in [1.165, 1.54) is 0 Å². The molecule has 88 valence electrons. The molecule has 0 bridgehead atoms. The number of benzene rings is 1.